The number of allylic oxidation sites excluding steroid dienone is 1. The minimum atomic E-state index is -3.79. The van der Waals surface area contributed by atoms with E-state index in [0.29, 0.717) is 5.69 Å². The number of rotatable bonds is 4. The second-order valence-corrected chi connectivity index (χ2v) is 5.25. The molecular weight excluding hydrogens is 240 g/mol. The quantitative estimate of drug-likeness (QED) is 0.609. The lowest BCUT2D eigenvalue weighted by Crippen LogP contribution is -2.09. The number of carbonyl (C=O) groups is 1. The Hall–Kier alpha value is -1.82. The Bertz CT molecular complexity index is 571. The van der Waals surface area contributed by atoms with Crippen molar-refractivity contribution in [2.75, 3.05) is 7.05 Å². The van der Waals surface area contributed by atoms with Gasteiger partial charge in [-0.2, -0.15) is 10.2 Å². The van der Waals surface area contributed by atoms with Gasteiger partial charge in [0.15, 0.2) is 5.78 Å². The van der Waals surface area contributed by atoms with Crippen molar-refractivity contribution in [1.82, 2.24) is 0 Å². The standard InChI is InChI=1S/C11H12N2O3S/c1-8(14)9(2)17(15,16)11-6-4-10(5-7-11)13-12-3/h4-7H,2H2,1,3H3. The molecule has 0 N–H and O–H groups in total. The van der Waals surface area contributed by atoms with Gasteiger partial charge in [-0.25, -0.2) is 8.42 Å². The molecule has 0 spiro atoms. The Kier molecular flexibility index (Phi) is 3.90. The molecule has 0 radical (unpaired) electrons. The van der Waals surface area contributed by atoms with Crippen LogP contribution in [0.2, 0.25) is 0 Å². The molecule has 0 atom stereocenters. The molecule has 0 saturated carbocycles. The average molecular weight is 252 g/mol. The maximum atomic E-state index is 11.9. The molecule has 0 aliphatic heterocycles. The molecule has 0 unspecified atom stereocenters. The molecule has 0 saturated heterocycles. The summed E-state index contributed by atoms with van der Waals surface area (Å²) >= 11 is 0. The topological polar surface area (TPSA) is 75.9 Å². The predicted molar refractivity (Wildman–Crippen MR) is 63.9 cm³/mol. The van der Waals surface area contributed by atoms with Crippen molar-refractivity contribution in [3.8, 4) is 0 Å². The smallest absolute Gasteiger partial charge is 0.209 e. The number of hydrogen-bond acceptors (Lipinski definition) is 5. The van der Waals surface area contributed by atoms with Crippen molar-refractivity contribution < 1.29 is 13.2 Å². The first-order valence-electron chi connectivity index (χ1n) is 4.74. The van der Waals surface area contributed by atoms with E-state index in [9.17, 15) is 13.2 Å². The predicted octanol–water partition coefficient (Wildman–Crippen LogP) is 2.28. The van der Waals surface area contributed by atoms with Gasteiger partial charge in [-0.3, -0.25) is 4.79 Å². The van der Waals surface area contributed by atoms with Crippen LogP contribution >= 0.6 is 0 Å². The first-order valence-corrected chi connectivity index (χ1v) is 6.22. The summed E-state index contributed by atoms with van der Waals surface area (Å²) in [5, 5.41) is 7.32. The third kappa shape index (κ3) is 2.85. The fourth-order valence-corrected chi connectivity index (χ4v) is 2.30. The monoisotopic (exact) mass is 252 g/mol. The van der Waals surface area contributed by atoms with Crippen molar-refractivity contribution >= 4 is 21.3 Å². The SMILES string of the molecule is C=C(C(C)=O)S(=O)(=O)c1ccc(N=NC)cc1. The molecule has 0 aliphatic carbocycles. The molecule has 0 amide bonds. The summed E-state index contributed by atoms with van der Waals surface area (Å²) in [6, 6.07) is 5.75. The Balaban J connectivity index is 3.17. The molecule has 1 aromatic carbocycles. The average Bonchev–Trinajstić information content (AvgIpc) is 2.29. The van der Waals surface area contributed by atoms with Crippen molar-refractivity contribution in [3.63, 3.8) is 0 Å². The molecule has 0 fully saturated rings. The van der Waals surface area contributed by atoms with Crippen LogP contribution in [0.5, 0.6) is 0 Å². The lowest BCUT2D eigenvalue weighted by molar-refractivity contribution is -0.113. The van der Waals surface area contributed by atoms with Gasteiger partial charge >= 0.3 is 0 Å². The van der Waals surface area contributed by atoms with Crippen molar-refractivity contribution in [2.24, 2.45) is 10.2 Å². The third-order valence-corrected chi connectivity index (χ3v) is 3.91. The minimum Gasteiger partial charge on any atom is -0.294 e. The van der Waals surface area contributed by atoms with Crippen LogP contribution in [0.1, 0.15) is 6.92 Å². The number of hydrogen-bond donors (Lipinski definition) is 0. The summed E-state index contributed by atoms with van der Waals surface area (Å²) in [4.78, 5) is 10.6. The van der Waals surface area contributed by atoms with Crippen LogP contribution in [0.25, 0.3) is 0 Å². The highest BCUT2D eigenvalue weighted by Crippen LogP contribution is 2.21. The van der Waals surface area contributed by atoms with Gasteiger partial charge in [0.25, 0.3) is 0 Å². The lowest BCUT2D eigenvalue weighted by Gasteiger charge is -2.04. The highest BCUT2D eigenvalue weighted by atomic mass is 32.2. The van der Waals surface area contributed by atoms with Crippen molar-refractivity contribution in [2.45, 2.75) is 11.8 Å². The van der Waals surface area contributed by atoms with E-state index >= 15 is 0 Å². The van der Waals surface area contributed by atoms with Crippen molar-refractivity contribution in [1.29, 1.82) is 0 Å². The number of benzene rings is 1. The number of Topliss-reactive ketones (excluding diaryl/α,β-unsaturated/α-hetero) is 1. The van der Waals surface area contributed by atoms with E-state index < -0.39 is 20.5 Å². The number of azo groups is 1. The van der Waals surface area contributed by atoms with Gasteiger partial charge in [-0.05, 0) is 31.2 Å². The van der Waals surface area contributed by atoms with Crippen LogP contribution in [0, 0.1) is 0 Å². The molecule has 0 aliphatic rings. The number of sulfone groups is 1. The van der Waals surface area contributed by atoms with Crippen LogP contribution in [-0.2, 0) is 14.6 Å². The molecule has 6 heteroatoms. The van der Waals surface area contributed by atoms with Gasteiger partial charge in [0.1, 0.15) is 4.91 Å². The van der Waals surface area contributed by atoms with E-state index in [4.69, 9.17) is 0 Å². The van der Waals surface area contributed by atoms with E-state index in [-0.39, 0.29) is 4.90 Å². The highest BCUT2D eigenvalue weighted by molar-refractivity contribution is 7.96. The molecular formula is C11H12N2O3S. The number of ketones is 1. The fourth-order valence-electron chi connectivity index (χ4n) is 1.14. The third-order valence-electron chi connectivity index (χ3n) is 2.08. The molecule has 0 heterocycles. The molecule has 0 bridgehead atoms. The summed E-state index contributed by atoms with van der Waals surface area (Å²) in [6.07, 6.45) is 0. The summed E-state index contributed by atoms with van der Waals surface area (Å²) < 4.78 is 23.7. The Morgan fingerprint density at radius 2 is 1.76 bits per heavy atom. The van der Waals surface area contributed by atoms with E-state index in [0.717, 1.165) is 0 Å². The summed E-state index contributed by atoms with van der Waals surface area (Å²) in [7, 11) is -2.27. The van der Waals surface area contributed by atoms with Gasteiger partial charge in [-0.15, -0.1) is 0 Å². The summed E-state index contributed by atoms with van der Waals surface area (Å²) in [5.74, 6) is -0.567. The molecule has 90 valence electrons. The van der Waals surface area contributed by atoms with Gasteiger partial charge in [0.05, 0.1) is 10.6 Å². The normalized spacial score (nSPS) is 11.6. The summed E-state index contributed by atoms with van der Waals surface area (Å²) in [6.45, 7) is 4.45. The Labute approximate surface area is 99.8 Å². The largest absolute Gasteiger partial charge is 0.294 e. The Morgan fingerprint density at radius 3 is 2.18 bits per heavy atom. The van der Waals surface area contributed by atoms with Gasteiger partial charge in [0, 0.05) is 7.05 Å². The molecule has 1 aromatic rings. The maximum absolute atomic E-state index is 11.9. The molecule has 5 nitrogen and oxygen atoms in total. The number of nitrogens with zero attached hydrogens (tertiary/aromatic N) is 2. The maximum Gasteiger partial charge on any atom is 0.209 e. The minimum absolute atomic E-state index is 0.0211. The molecule has 17 heavy (non-hydrogen) atoms. The summed E-state index contributed by atoms with van der Waals surface area (Å²) in [5.41, 5.74) is 0.542. The second-order valence-electron chi connectivity index (χ2n) is 3.28. The second kappa shape index (κ2) is 5.01. The number of carbonyl (C=O) groups excluding carboxylic acids is 1. The van der Waals surface area contributed by atoms with E-state index in [1.807, 2.05) is 0 Å². The van der Waals surface area contributed by atoms with Gasteiger partial charge in [-0.1, -0.05) is 6.58 Å². The molecule has 0 aromatic heterocycles. The van der Waals surface area contributed by atoms with Gasteiger partial charge in [0.2, 0.25) is 9.84 Å². The fraction of sp³-hybridized carbons (Fsp3) is 0.182. The zero-order valence-electron chi connectivity index (χ0n) is 9.54. The van der Waals surface area contributed by atoms with Crippen LogP contribution < -0.4 is 0 Å². The van der Waals surface area contributed by atoms with Crippen LogP contribution in [0.3, 0.4) is 0 Å². The van der Waals surface area contributed by atoms with Gasteiger partial charge < -0.3 is 0 Å². The Morgan fingerprint density at radius 1 is 1.24 bits per heavy atom. The van der Waals surface area contributed by atoms with Crippen LogP contribution in [0.15, 0.2) is 50.9 Å². The highest BCUT2D eigenvalue weighted by Gasteiger charge is 2.21. The van der Waals surface area contributed by atoms with Crippen LogP contribution in [0.4, 0.5) is 5.69 Å². The zero-order valence-corrected chi connectivity index (χ0v) is 10.4. The van der Waals surface area contributed by atoms with E-state index in [1.165, 1.54) is 38.2 Å². The lowest BCUT2D eigenvalue weighted by atomic mass is 10.3. The van der Waals surface area contributed by atoms with Crippen molar-refractivity contribution in [3.05, 3.63) is 35.7 Å². The van der Waals surface area contributed by atoms with E-state index in [1.54, 1.807) is 0 Å². The molecule has 1 rings (SSSR count). The van der Waals surface area contributed by atoms with Crippen LogP contribution in [-0.4, -0.2) is 21.2 Å². The van der Waals surface area contributed by atoms with E-state index in [2.05, 4.69) is 16.8 Å². The first-order chi connectivity index (χ1) is 7.89. The zero-order chi connectivity index (χ0) is 13.1. The first kappa shape index (κ1) is 13.2.